The van der Waals surface area contributed by atoms with Crippen molar-refractivity contribution in [2.75, 3.05) is 26.7 Å². The van der Waals surface area contributed by atoms with E-state index in [2.05, 4.69) is 20.6 Å². The van der Waals surface area contributed by atoms with E-state index in [1.165, 1.54) is 0 Å². The molecule has 1 heterocycles. The second-order valence-corrected chi connectivity index (χ2v) is 6.78. The lowest BCUT2D eigenvalue weighted by Gasteiger charge is -2.18. The van der Waals surface area contributed by atoms with Crippen molar-refractivity contribution in [1.82, 2.24) is 20.5 Å². The van der Waals surface area contributed by atoms with Gasteiger partial charge in [-0.3, -0.25) is 4.79 Å². The van der Waals surface area contributed by atoms with Gasteiger partial charge in [0.25, 0.3) is 0 Å². The molecule has 0 aromatic carbocycles. The Morgan fingerprint density at radius 1 is 1.31 bits per heavy atom. The maximum Gasteiger partial charge on any atom is 0.406 e. The molecular weight excluding hydrogens is 351 g/mol. The Balaban J connectivity index is 2.63. The number of aromatic nitrogens is 1. The molecule has 0 spiro atoms. The molecule has 0 fully saturated rings. The van der Waals surface area contributed by atoms with Gasteiger partial charge in [-0.05, 0) is 6.92 Å². The number of carbonyl (C=O) groups excluding carboxylic acids is 1. The number of rotatable bonds is 6. The zero-order chi connectivity index (χ0) is 20.0. The molecule has 2 N–H and O–H groups in total. The van der Waals surface area contributed by atoms with Gasteiger partial charge in [0.1, 0.15) is 18.8 Å². The molecule has 0 saturated heterocycles. The number of nitrogens with one attached hydrogen (secondary N) is 2. The molecular formula is C16H26F3N5O2. The van der Waals surface area contributed by atoms with Crippen molar-refractivity contribution in [2.24, 2.45) is 4.99 Å². The molecule has 0 aliphatic rings. The van der Waals surface area contributed by atoms with Crippen LogP contribution in [0, 0.1) is 0 Å². The molecule has 0 bridgehead atoms. The van der Waals surface area contributed by atoms with E-state index in [0.29, 0.717) is 17.3 Å². The monoisotopic (exact) mass is 377 g/mol. The van der Waals surface area contributed by atoms with Crippen LogP contribution in [-0.4, -0.2) is 54.6 Å². The van der Waals surface area contributed by atoms with E-state index in [1.807, 2.05) is 27.7 Å². The molecule has 26 heavy (non-hydrogen) atoms. The summed E-state index contributed by atoms with van der Waals surface area (Å²) >= 11 is 0. The maximum atomic E-state index is 12.3. The SMILES string of the molecule is CCNC(=NCC(=O)N(C)CC(F)(F)F)NCc1ncc(C(C)(C)C)o1. The Morgan fingerprint density at radius 3 is 2.46 bits per heavy atom. The third-order valence-electron chi connectivity index (χ3n) is 3.26. The van der Waals surface area contributed by atoms with Crippen molar-refractivity contribution in [1.29, 1.82) is 0 Å². The molecule has 0 aliphatic heterocycles. The molecule has 1 aromatic heterocycles. The average Bonchev–Trinajstić information content (AvgIpc) is 2.97. The van der Waals surface area contributed by atoms with E-state index in [4.69, 9.17) is 4.42 Å². The lowest BCUT2D eigenvalue weighted by atomic mass is 9.94. The first kappa shape index (κ1) is 21.8. The molecule has 1 rings (SSSR count). The Bertz CT molecular complexity index is 620. The highest BCUT2D eigenvalue weighted by Gasteiger charge is 2.31. The fourth-order valence-corrected chi connectivity index (χ4v) is 1.86. The van der Waals surface area contributed by atoms with Crippen LogP contribution >= 0.6 is 0 Å². The Labute approximate surface area is 151 Å². The number of likely N-dealkylation sites (N-methyl/N-ethyl adjacent to an activating group) is 1. The van der Waals surface area contributed by atoms with Gasteiger partial charge in [-0.25, -0.2) is 9.98 Å². The van der Waals surface area contributed by atoms with Crippen LogP contribution in [0.3, 0.4) is 0 Å². The third-order valence-corrected chi connectivity index (χ3v) is 3.26. The summed E-state index contributed by atoms with van der Waals surface area (Å²) in [5.41, 5.74) is -0.167. The van der Waals surface area contributed by atoms with Crippen LogP contribution < -0.4 is 10.6 Å². The minimum atomic E-state index is -4.44. The zero-order valence-electron chi connectivity index (χ0n) is 15.7. The summed E-state index contributed by atoms with van der Waals surface area (Å²) in [5, 5.41) is 5.84. The number of guanidine groups is 1. The summed E-state index contributed by atoms with van der Waals surface area (Å²) in [6.45, 7) is 6.87. The molecule has 1 amide bonds. The zero-order valence-corrected chi connectivity index (χ0v) is 15.7. The molecule has 7 nitrogen and oxygen atoms in total. The quantitative estimate of drug-likeness (QED) is 0.586. The predicted molar refractivity (Wildman–Crippen MR) is 91.7 cm³/mol. The summed E-state index contributed by atoms with van der Waals surface area (Å²) in [6.07, 6.45) is -2.79. The highest BCUT2D eigenvalue weighted by molar-refractivity contribution is 5.84. The van der Waals surface area contributed by atoms with Gasteiger partial charge in [-0.1, -0.05) is 20.8 Å². The summed E-state index contributed by atoms with van der Waals surface area (Å²) in [6, 6.07) is 0. The normalized spacial score (nSPS) is 12.8. The highest BCUT2D eigenvalue weighted by Crippen LogP contribution is 2.22. The number of oxazole rings is 1. The number of aliphatic imine (C=N–C) groups is 1. The van der Waals surface area contributed by atoms with Gasteiger partial charge in [-0.15, -0.1) is 0 Å². The molecule has 0 saturated carbocycles. The van der Waals surface area contributed by atoms with E-state index in [0.717, 1.165) is 12.8 Å². The summed E-state index contributed by atoms with van der Waals surface area (Å²) in [4.78, 5) is 20.5. The number of hydrogen-bond acceptors (Lipinski definition) is 4. The first-order valence-corrected chi connectivity index (χ1v) is 8.20. The van der Waals surface area contributed by atoms with Gasteiger partial charge in [0.2, 0.25) is 11.8 Å². The van der Waals surface area contributed by atoms with Crippen LogP contribution in [0.4, 0.5) is 13.2 Å². The smallest absolute Gasteiger partial charge is 0.406 e. The maximum absolute atomic E-state index is 12.3. The van der Waals surface area contributed by atoms with Crippen LogP contribution in [0.25, 0.3) is 0 Å². The second kappa shape index (κ2) is 8.91. The number of alkyl halides is 3. The fraction of sp³-hybridized carbons (Fsp3) is 0.688. The molecule has 1 aromatic rings. The van der Waals surface area contributed by atoms with Gasteiger partial charge >= 0.3 is 6.18 Å². The molecule has 10 heteroatoms. The van der Waals surface area contributed by atoms with Crippen LogP contribution in [0.5, 0.6) is 0 Å². The van der Waals surface area contributed by atoms with Gasteiger partial charge in [-0.2, -0.15) is 13.2 Å². The first-order chi connectivity index (χ1) is 11.9. The van der Waals surface area contributed by atoms with Crippen molar-refractivity contribution in [3.05, 3.63) is 17.8 Å². The summed E-state index contributed by atoms with van der Waals surface area (Å²) in [7, 11) is 1.09. The average molecular weight is 377 g/mol. The number of halogens is 3. The van der Waals surface area contributed by atoms with Crippen molar-refractivity contribution in [2.45, 2.75) is 45.8 Å². The van der Waals surface area contributed by atoms with Crippen LogP contribution in [-0.2, 0) is 16.8 Å². The van der Waals surface area contributed by atoms with Crippen LogP contribution in [0.1, 0.15) is 39.3 Å². The summed E-state index contributed by atoms with van der Waals surface area (Å²) in [5.74, 6) is 0.740. The lowest BCUT2D eigenvalue weighted by Crippen LogP contribution is -2.40. The highest BCUT2D eigenvalue weighted by atomic mass is 19.4. The molecule has 0 aliphatic carbocycles. The third kappa shape index (κ3) is 7.75. The number of carbonyl (C=O) groups is 1. The second-order valence-electron chi connectivity index (χ2n) is 6.78. The van der Waals surface area contributed by atoms with E-state index in [9.17, 15) is 18.0 Å². The Hall–Kier alpha value is -2.26. The number of hydrogen-bond donors (Lipinski definition) is 2. The van der Waals surface area contributed by atoms with Crippen molar-refractivity contribution in [3.8, 4) is 0 Å². The number of amides is 1. The van der Waals surface area contributed by atoms with Gasteiger partial charge in [0.15, 0.2) is 5.96 Å². The topological polar surface area (TPSA) is 82.8 Å². The van der Waals surface area contributed by atoms with Crippen LogP contribution in [0.2, 0.25) is 0 Å². The van der Waals surface area contributed by atoms with E-state index in [1.54, 1.807) is 6.20 Å². The Morgan fingerprint density at radius 2 is 1.96 bits per heavy atom. The molecule has 0 atom stereocenters. The standard InChI is InChI=1S/C16H26F3N5O2/c1-6-20-14(23-9-13(25)24(5)10-16(17,18)19)22-8-12-21-7-11(26-12)15(2,3)4/h7H,6,8-10H2,1-5H3,(H2,20,22,23). The number of nitrogens with zero attached hydrogens (tertiary/aromatic N) is 3. The Kier molecular flexibility index (Phi) is 7.46. The van der Waals surface area contributed by atoms with Crippen molar-refractivity contribution < 1.29 is 22.4 Å². The first-order valence-electron chi connectivity index (χ1n) is 8.20. The van der Waals surface area contributed by atoms with Crippen LogP contribution in [0.15, 0.2) is 15.6 Å². The van der Waals surface area contributed by atoms with E-state index >= 15 is 0 Å². The van der Waals surface area contributed by atoms with Crippen molar-refractivity contribution in [3.63, 3.8) is 0 Å². The van der Waals surface area contributed by atoms with Gasteiger partial charge in [0.05, 0.1) is 12.7 Å². The van der Waals surface area contributed by atoms with Gasteiger partial charge in [0, 0.05) is 19.0 Å². The van der Waals surface area contributed by atoms with Gasteiger partial charge < -0.3 is 20.0 Å². The van der Waals surface area contributed by atoms with E-state index in [-0.39, 0.29) is 17.9 Å². The largest absolute Gasteiger partial charge is 0.443 e. The minimum absolute atomic E-state index is 0.167. The van der Waals surface area contributed by atoms with Crippen molar-refractivity contribution >= 4 is 11.9 Å². The predicted octanol–water partition coefficient (Wildman–Crippen LogP) is 2.05. The summed E-state index contributed by atoms with van der Waals surface area (Å²) < 4.78 is 42.6. The minimum Gasteiger partial charge on any atom is -0.443 e. The molecule has 0 unspecified atom stereocenters. The van der Waals surface area contributed by atoms with E-state index < -0.39 is 25.2 Å². The molecule has 148 valence electrons. The fourth-order valence-electron chi connectivity index (χ4n) is 1.86. The molecule has 0 radical (unpaired) electrons. The lowest BCUT2D eigenvalue weighted by molar-refractivity contribution is -0.157.